The summed E-state index contributed by atoms with van der Waals surface area (Å²) < 4.78 is 10.4. The van der Waals surface area contributed by atoms with Gasteiger partial charge in [0.15, 0.2) is 0 Å². The number of morpholine rings is 1. The number of hydrogen-bond donors (Lipinski definition) is 0. The number of hydrogen-bond acceptors (Lipinski definition) is 7. The van der Waals surface area contributed by atoms with E-state index in [9.17, 15) is 4.79 Å². The Hall–Kier alpha value is -1.57. The number of carbonyl (C=O) groups is 1. The molecule has 144 valence electrons. The van der Waals surface area contributed by atoms with Gasteiger partial charge in [-0.2, -0.15) is 0 Å². The standard InChI is InChI=1S/C19H28N2O4S/c1-5-24-17(22)14-25-20-18(15-6-8-16(26-4)9-7-15)19(2,3)21-10-12-23-13-11-21/h6-9H,5,10-14H2,1-4H3. The molecule has 1 aromatic carbocycles. The molecule has 7 heteroatoms. The van der Waals surface area contributed by atoms with Crippen molar-refractivity contribution in [2.45, 2.75) is 31.2 Å². The van der Waals surface area contributed by atoms with Crippen molar-refractivity contribution in [2.75, 3.05) is 45.8 Å². The molecule has 0 saturated carbocycles. The average Bonchev–Trinajstić information content (AvgIpc) is 2.66. The number of carbonyl (C=O) groups excluding carboxylic acids is 1. The van der Waals surface area contributed by atoms with Gasteiger partial charge in [-0.1, -0.05) is 17.3 Å². The van der Waals surface area contributed by atoms with Gasteiger partial charge in [0.25, 0.3) is 0 Å². The molecular weight excluding hydrogens is 352 g/mol. The summed E-state index contributed by atoms with van der Waals surface area (Å²) in [7, 11) is 0. The lowest BCUT2D eigenvalue weighted by atomic mass is 9.90. The smallest absolute Gasteiger partial charge is 0.347 e. The van der Waals surface area contributed by atoms with Gasteiger partial charge in [-0.25, -0.2) is 4.79 Å². The number of oxime groups is 1. The van der Waals surface area contributed by atoms with Crippen LogP contribution in [0.1, 0.15) is 26.3 Å². The van der Waals surface area contributed by atoms with E-state index in [2.05, 4.69) is 36.0 Å². The number of rotatable bonds is 8. The molecule has 1 saturated heterocycles. The van der Waals surface area contributed by atoms with Gasteiger partial charge in [-0.3, -0.25) is 4.90 Å². The predicted octanol–water partition coefficient (Wildman–Crippen LogP) is 2.80. The van der Waals surface area contributed by atoms with E-state index in [1.54, 1.807) is 18.7 Å². The summed E-state index contributed by atoms with van der Waals surface area (Å²) in [5.74, 6) is -0.419. The maximum Gasteiger partial charge on any atom is 0.347 e. The lowest BCUT2D eigenvalue weighted by Crippen LogP contribution is -2.54. The normalized spacial score (nSPS) is 16.4. The van der Waals surface area contributed by atoms with Crippen LogP contribution in [-0.4, -0.2) is 67.9 Å². The third kappa shape index (κ3) is 5.46. The topological polar surface area (TPSA) is 60.4 Å². The highest BCUT2D eigenvalue weighted by atomic mass is 32.2. The molecule has 2 rings (SSSR count). The molecule has 0 radical (unpaired) electrons. The quantitative estimate of drug-likeness (QED) is 0.299. The molecule has 0 atom stereocenters. The van der Waals surface area contributed by atoms with Gasteiger partial charge in [0, 0.05) is 23.5 Å². The Bertz CT molecular complexity index is 610. The second-order valence-corrected chi connectivity index (χ2v) is 7.28. The minimum Gasteiger partial charge on any atom is -0.463 e. The molecule has 0 amide bonds. The Morgan fingerprint density at radius 3 is 2.50 bits per heavy atom. The van der Waals surface area contributed by atoms with Crippen LogP contribution in [0.5, 0.6) is 0 Å². The predicted molar refractivity (Wildman–Crippen MR) is 104 cm³/mol. The fraction of sp³-hybridized carbons (Fsp3) is 0.579. The highest BCUT2D eigenvalue weighted by Crippen LogP contribution is 2.25. The van der Waals surface area contributed by atoms with Crippen LogP contribution in [-0.2, 0) is 19.1 Å². The molecule has 0 aliphatic carbocycles. The van der Waals surface area contributed by atoms with E-state index in [0.717, 1.165) is 24.4 Å². The molecule has 1 aromatic rings. The lowest BCUT2D eigenvalue weighted by molar-refractivity contribution is -0.148. The van der Waals surface area contributed by atoms with E-state index in [1.165, 1.54) is 4.90 Å². The summed E-state index contributed by atoms with van der Waals surface area (Å²) >= 11 is 1.69. The summed E-state index contributed by atoms with van der Waals surface area (Å²) in [6, 6.07) is 8.22. The van der Waals surface area contributed by atoms with Crippen LogP contribution in [0.3, 0.4) is 0 Å². The number of benzene rings is 1. The third-order valence-electron chi connectivity index (χ3n) is 4.39. The Kier molecular flexibility index (Phi) is 7.93. The van der Waals surface area contributed by atoms with Crippen molar-refractivity contribution < 1.29 is 19.1 Å². The Labute approximate surface area is 159 Å². The lowest BCUT2D eigenvalue weighted by Gasteiger charge is -2.41. The van der Waals surface area contributed by atoms with Gasteiger partial charge < -0.3 is 14.3 Å². The van der Waals surface area contributed by atoms with Crippen LogP contribution in [0, 0.1) is 0 Å². The van der Waals surface area contributed by atoms with Crippen molar-refractivity contribution in [3.8, 4) is 0 Å². The molecule has 1 aliphatic heterocycles. The highest BCUT2D eigenvalue weighted by molar-refractivity contribution is 7.98. The van der Waals surface area contributed by atoms with Crippen LogP contribution >= 0.6 is 11.8 Å². The summed E-state index contributed by atoms with van der Waals surface area (Å²) in [4.78, 5) is 20.4. The summed E-state index contributed by atoms with van der Waals surface area (Å²) in [6.07, 6.45) is 2.05. The zero-order valence-corrected chi connectivity index (χ0v) is 16.8. The maximum atomic E-state index is 11.5. The molecule has 0 bridgehead atoms. The van der Waals surface area contributed by atoms with Gasteiger partial charge >= 0.3 is 5.97 Å². The first kappa shape index (κ1) is 20.7. The molecule has 0 aromatic heterocycles. The van der Waals surface area contributed by atoms with Crippen molar-refractivity contribution in [1.29, 1.82) is 0 Å². The first-order chi connectivity index (χ1) is 12.5. The number of thioether (sulfide) groups is 1. The molecule has 0 spiro atoms. The van der Waals surface area contributed by atoms with Crippen LogP contribution < -0.4 is 0 Å². The molecule has 1 heterocycles. The fourth-order valence-corrected chi connectivity index (χ4v) is 3.30. The van der Waals surface area contributed by atoms with E-state index in [-0.39, 0.29) is 12.1 Å². The molecule has 1 aliphatic rings. The molecule has 26 heavy (non-hydrogen) atoms. The monoisotopic (exact) mass is 380 g/mol. The SMILES string of the molecule is CCOC(=O)CON=C(c1ccc(SC)cc1)C(C)(C)N1CCOCC1. The van der Waals surface area contributed by atoms with Gasteiger partial charge in [-0.05, 0) is 39.2 Å². The van der Waals surface area contributed by atoms with E-state index >= 15 is 0 Å². The van der Waals surface area contributed by atoms with Crippen LogP contribution in [0.15, 0.2) is 34.3 Å². The van der Waals surface area contributed by atoms with E-state index < -0.39 is 5.97 Å². The van der Waals surface area contributed by atoms with Gasteiger partial charge in [-0.15, -0.1) is 11.8 Å². The number of esters is 1. The van der Waals surface area contributed by atoms with Crippen LogP contribution in [0.4, 0.5) is 0 Å². The minimum absolute atomic E-state index is 0.195. The van der Waals surface area contributed by atoms with Crippen molar-refractivity contribution in [3.05, 3.63) is 29.8 Å². The molecular formula is C19H28N2O4S. The maximum absolute atomic E-state index is 11.5. The Balaban J connectivity index is 2.25. The molecule has 0 N–H and O–H groups in total. The van der Waals surface area contributed by atoms with Gasteiger partial charge in [0.05, 0.1) is 25.4 Å². The molecule has 6 nitrogen and oxygen atoms in total. The first-order valence-electron chi connectivity index (χ1n) is 8.82. The van der Waals surface area contributed by atoms with Crippen LogP contribution in [0.2, 0.25) is 0 Å². The van der Waals surface area contributed by atoms with Crippen molar-refractivity contribution in [1.82, 2.24) is 4.90 Å². The summed E-state index contributed by atoms with van der Waals surface area (Å²) in [5.41, 5.74) is 1.40. The highest BCUT2D eigenvalue weighted by Gasteiger charge is 2.35. The van der Waals surface area contributed by atoms with Gasteiger partial charge in [0.2, 0.25) is 6.61 Å². The largest absolute Gasteiger partial charge is 0.463 e. The van der Waals surface area contributed by atoms with Crippen molar-refractivity contribution in [2.24, 2.45) is 5.16 Å². The Morgan fingerprint density at radius 1 is 1.27 bits per heavy atom. The first-order valence-corrected chi connectivity index (χ1v) is 10.0. The Morgan fingerprint density at radius 2 is 1.92 bits per heavy atom. The summed E-state index contributed by atoms with van der Waals surface area (Å²) in [6.45, 7) is 9.19. The van der Waals surface area contributed by atoms with Crippen molar-refractivity contribution >= 4 is 23.4 Å². The van der Waals surface area contributed by atoms with Crippen molar-refractivity contribution in [3.63, 3.8) is 0 Å². The second-order valence-electron chi connectivity index (χ2n) is 6.41. The number of nitrogens with zero attached hydrogens (tertiary/aromatic N) is 2. The average molecular weight is 381 g/mol. The zero-order chi connectivity index (χ0) is 19.0. The molecule has 0 unspecified atom stereocenters. The molecule has 1 fully saturated rings. The third-order valence-corrected chi connectivity index (χ3v) is 5.13. The van der Waals surface area contributed by atoms with Crippen LogP contribution in [0.25, 0.3) is 0 Å². The zero-order valence-electron chi connectivity index (χ0n) is 16.0. The second kappa shape index (κ2) is 9.94. The number of ether oxygens (including phenoxy) is 2. The van der Waals surface area contributed by atoms with E-state index in [4.69, 9.17) is 14.3 Å². The fourth-order valence-electron chi connectivity index (χ4n) is 2.89. The van der Waals surface area contributed by atoms with Gasteiger partial charge in [0.1, 0.15) is 5.71 Å². The van der Waals surface area contributed by atoms with E-state index in [1.807, 2.05) is 18.4 Å². The summed E-state index contributed by atoms with van der Waals surface area (Å²) in [5, 5.41) is 4.35. The van der Waals surface area contributed by atoms with E-state index in [0.29, 0.717) is 19.8 Å². The minimum atomic E-state index is -0.419.